The predicted molar refractivity (Wildman–Crippen MR) is 119 cm³/mol. The normalized spacial score (nSPS) is 17.9. The van der Waals surface area contributed by atoms with E-state index in [0.717, 1.165) is 48.6 Å². The van der Waals surface area contributed by atoms with Crippen LogP contribution in [-0.2, 0) is 25.0 Å². The largest absolute Gasteiger partial charge is 0.508 e. The van der Waals surface area contributed by atoms with Crippen molar-refractivity contribution in [1.82, 2.24) is 9.88 Å². The Bertz CT molecular complexity index is 1170. The minimum absolute atomic E-state index is 0.0120. The van der Waals surface area contributed by atoms with Gasteiger partial charge in [-0.05, 0) is 59.9 Å². The molecule has 0 atom stereocenters. The van der Waals surface area contributed by atoms with Crippen LogP contribution in [0.3, 0.4) is 0 Å². The molecule has 0 unspecified atom stereocenters. The van der Waals surface area contributed by atoms with Gasteiger partial charge in [0.2, 0.25) is 0 Å². The first kappa shape index (κ1) is 18.2. The summed E-state index contributed by atoms with van der Waals surface area (Å²) in [5.41, 5.74) is 5.62. The number of benzene rings is 2. The molecule has 1 fully saturated rings. The molecule has 3 aliphatic rings. The molecule has 156 valence electrons. The maximum atomic E-state index is 13.3. The van der Waals surface area contributed by atoms with E-state index in [1.54, 1.807) is 6.07 Å². The highest BCUT2D eigenvalue weighted by Gasteiger charge is 2.50. The Morgan fingerprint density at radius 2 is 1.90 bits per heavy atom. The number of nitrogens with one attached hydrogen (secondary N) is 1. The van der Waals surface area contributed by atoms with E-state index >= 15 is 0 Å². The molecular formula is C25H24N4O2. The second-order valence-electron chi connectivity index (χ2n) is 8.90. The molecule has 2 amide bonds. The van der Waals surface area contributed by atoms with Gasteiger partial charge in [-0.25, -0.2) is 9.78 Å². The van der Waals surface area contributed by atoms with E-state index in [0.29, 0.717) is 18.8 Å². The van der Waals surface area contributed by atoms with Gasteiger partial charge in [-0.1, -0.05) is 24.3 Å². The van der Waals surface area contributed by atoms with Crippen molar-refractivity contribution in [2.24, 2.45) is 0 Å². The van der Waals surface area contributed by atoms with Crippen molar-refractivity contribution in [3.8, 4) is 5.75 Å². The molecule has 2 aromatic carbocycles. The van der Waals surface area contributed by atoms with Crippen LogP contribution in [0.25, 0.3) is 0 Å². The van der Waals surface area contributed by atoms with Gasteiger partial charge >= 0.3 is 6.03 Å². The summed E-state index contributed by atoms with van der Waals surface area (Å²) < 4.78 is 0. The minimum atomic E-state index is -0.0605. The number of urea groups is 1. The number of amides is 2. The van der Waals surface area contributed by atoms with Crippen molar-refractivity contribution < 1.29 is 9.90 Å². The third kappa shape index (κ3) is 3.10. The summed E-state index contributed by atoms with van der Waals surface area (Å²) in [5, 5.41) is 13.1. The summed E-state index contributed by atoms with van der Waals surface area (Å²) in [6.45, 7) is 2.79. The SMILES string of the molecule is O=C(Nc1cccc2c1CN(c1ccccn1)C2)N1Cc2ccc(O)cc2C2(CC2)C1. The highest BCUT2D eigenvalue weighted by atomic mass is 16.3. The Morgan fingerprint density at radius 1 is 1.00 bits per heavy atom. The summed E-state index contributed by atoms with van der Waals surface area (Å²) in [5.74, 6) is 1.25. The highest BCUT2D eigenvalue weighted by molar-refractivity contribution is 5.91. The molecule has 1 aliphatic carbocycles. The fourth-order valence-corrected chi connectivity index (χ4v) is 5.07. The molecule has 1 saturated carbocycles. The number of carbonyl (C=O) groups excluding carboxylic acids is 1. The van der Waals surface area contributed by atoms with E-state index in [1.807, 2.05) is 53.6 Å². The smallest absolute Gasteiger partial charge is 0.322 e. The second-order valence-corrected chi connectivity index (χ2v) is 8.90. The first-order valence-electron chi connectivity index (χ1n) is 10.8. The van der Waals surface area contributed by atoms with Crippen molar-refractivity contribution in [3.63, 3.8) is 0 Å². The molecule has 6 heteroatoms. The van der Waals surface area contributed by atoms with Crippen LogP contribution in [0.15, 0.2) is 60.8 Å². The van der Waals surface area contributed by atoms with Gasteiger partial charge in [-0.2, -0.15) is 0 Å². The lowest BCUT2D eigenvalue weighted by Crippen LogP contribution is -2.43. The lowest BCUT2D eigenvalue weighted by atomic mass is 9.87. The van der Waals surface area contributed by atoms with Gasteiger partial charge in [0.05, 0.1) is 0 Å². The minimum Gasteiger partial charge on any atom is -0.508 e. The van der Waals surface area contributed by atoms with Crippen molar-refractivity contribution in [3.05, 3.63) is 83.0 Å². The van der Waals surface area contributed by atoms with Crippen molar-refractivity contribution in [2.45, 2.75) is 37.9 Å². The first-order valence-corrected chi connectivity index (χ1v) is 10.8. The molecule has 6 rings (SSSR count). The third-order valence-electron chi connectivity index (χ3n) is 6.86. The quantitative estimate of drug-likeness (QED) is 0.655. The molecular weight excluding hydrogens is 388 g/mol. The molecule has 0 bridgehead atoms. The number of rotatable bonds is 2. The summed E-state index contributed by atoms with van der Waals surface area (Å²) in [7, 11) is 0. The van der Waals surface area contributed by atoms with Crippen LogP contribution >= 0.6 is 0 Å². The van der Waals surface area contributed by atoms with Crippen LogP contribution in [0, 0.1) is 0 Å². The molecule has 2 aliphatic heterocycles. The van der Waals surface area contributed by atoms with Crippen LogP contribution in [-0.4, -0.2) is 27.6 Å². The Kier molecular flexibility index (Phi) is 3.96. The lowest BCUT2D eigenvalue weighted by molar-refractivity contribution is 0.197. The van der Waals surface area contributed by atoms with Gasteiger partial charge in [0.25, 0.3) is 0 Å². The van der Waals surface area contributed by atoms with Crippen molar-refractivity contribution in [2.75, 3.05) is 16.8 Å². The molecule has 1 aromatic heterocycles. The van der Waals surface area contributed by atoms with E-state index in [2.05, 4.69) is 21.3 Å². The summed E-state index contributed by atoms with van der Waals surface area (Å²) in [6.07, 6.45) is 3.93. The molecule has 3 aromatic rings. The molecule has 31 heavy (non-hydrogen) atoms. The molecule has 6 nitrogen and oxygen atoms in total. The van der Waals surface area contributed by atoms with Crippen LogP contribution in [0.1, 0.15) is 35.1 Å². The van der Waals surface area contributed by atoms with Gasteiger partial charge in [0.15, 0.2) is 0 Å². The number of nitrogens with zero attached hydrogens (tertiary/aromatic N) is 3. The number of carbonyl (C=O) groups is 1. The first-order chi connectivity index (χ1) is 15.1. The lowest BCUT2D eigenvalue weighted by Gasteiger charge is -2.35. The number of phenolic OH excluding ortho intramolecular Hbond substituents is 1. The van der Waals surface area contributed by atoms with Crippen molar-refractivity contribution in [1.29, 1.82) is 0 Å². The second kappa shape index (κ2) is 6.74. The average Bonchev–Trinajstić information content (AvgIpc) is 3.41. The zero-order chi connectivity index (χ0) is 21.0. The Labute approximate surface area is 181 Å². The van der Waals surface area contributed by atoms with Crippen LogP contribution in [0.2, 0.25) is 0 Å². The molecule has 0 radical (unpaired) electrons. The Morgan fingerprint density at radius 3 is 2.71 bits per heavy atom. The molecule has 2 N–H and O–H groups in total. The number of hydrogen-bond acceptors (Lipinski definition) is 4. The van der Waals surface area contributed by atoms with Crippen LogP contribution in [0.5, 0.6) is 5.75 Å². The van der Waals surface area contributed by atoms with Gasteiger partial charge in [0, 0.05) is 49.0 Å². The average molecular weight is 412 g/mol. The number of pyridine rings is 1. The highest BCUT2D eigenvalue weighted by Crippen LogP contribution is 2.53. The van der Waals surface area contributed by atoms with E-state index in [4.69, 9.17) is 0 Å². The summed E-state index contributed by atoms with van der Waals surface area (Å²) in [4.78, 5) is 21.9. The number of anilines is 2. The van der Waals surface area contributed by atoms with E-state index in [9.17, 15) is 9.90 Å². The topological polar surface area (TPSA) is 68.7 Å². The number of aromatic hydroxyl groups is 1. The van der Waals surface area contributed by atoms with Crippen LogP contribution in [0.4, 0.5) is 16.3 Å². The Balaban J connectivity index is 1.23. The Hall–Kier alpha value is -3.54. The maximum Gasteiger partial charge on any atom is 0.322 e. The van der Waals surface area contributed by atoms with Crippen LogP contribution < -0.4 is 10.2 Å². The van der Waals surface area contributed by atoms with Crippen molar-refractivity contribution >= 4 is 17.5 Å². The number of fused-ring (bicyclic) bond motifs is 3. The van der Waals surface area contributed by atoms with Gasteiger partial charge < -0.3 is 20.2 Å². The predicted octanol–water partition coefficient (Wildman–Crippen LogP) is 4.39. The molecule has 0 saturated heterocycles. The van der Waals surface area contributed by atoms with Gasteiger partial charge in [-0.15, -0.1) is 0 Å². The summed E-state index contributed by atoms with van der Waals surface area (Å²) in [6, 6.07) is 17.5. The van der Waals surface area contributed by atoms with E-state index in [-0.39, 0.29) is 11.4 Å². The zero-order valence-electron chi connectivity index (χ0n) is 17.2. The van der Waals surface area contributed by atoms with E-state index in [1.165, 1.54) is 11.1 Å². The van der Waals surface area contributed by atoms with Gasteiger partial charge in [0.1, 0.15) is 11.6 Å². The monoisotopic (exact) mass is 412 g/mol. The van der Waals surface area contributed by atoms with E-state index < -0.39 is 0 Å². The standard InChI is InChI=1S/C25H24N4O2/c30-19-8-7-18-14-29(16-25(9-10-25)21(18)12-19)24(31)27-22-5-3-4-17-13-28(15-20(17)22)23-6-1-2-11-26-23/h1-8,11-12,30H,9-10,13-16H2,(H,27,31). The third-order valence-corrected chi connectivity index (χ3v) is 6.86. The number of aromatic nitrogens is 1. The zero-order valence-corrected chi connectivity index (χ0v) is 17.2. The van der Waals surface area contributed by atoms with Gasteiger partial charge in [-0.3, -0.25) is 0 Å². The maximum absolute atomic E-state index is 13.3. The summed E-state index contributed by atoms with van der Waals surface area (Å²) >= 11 is 0. The fraction of sp³-hybridized carbons (Fsp3) is 0.280. The number of phenols is 1. The molecule has 1 spiro atoms. The molecule has 3 heterocycles. The number of hydrogen-bond donors (Lipinski definition) is 2. The fourth-order valence-electron chi connectivity index (χ4n) is 5.07.